The van der Waals surface area contributed by atoms with Crippen molar-refractivity contribution < 1.29 is 14.3 Å². The van der Waals surface area contributed by atoms with Gasteiger partial charge < -0.3 is 19.7 Å². The van der Waals surface area contributed by atoms with Crippen LogP contribution in [0.15, 0.2) is 54.6 Å². The Labute approximate surface area is 169 Å². The summed E-state index contributed by atoms with van der Waals surface area (Å²) >= 11 is 0. The highest BCUT2D eigenvalue weighted by atomic mass is 16.7. The largest absolute Gasteiger partial charge is 0.454 e. The van der Waals surface area contributed by atoms with Crippen LogP contribution >= 0.6 is 0 Å². The molecule has 2 aliphatic rings. The van der Waals surface area contributed by atoms with Gasteiger partial charge in [-0.1, -0.05) is 18.2 Å². The smallest absolute Gasteiger partial charge is 0.231 e. The summed E-state index contributed by atoms with van der Waals surface area (Å²) in [5, 5.41) is 2.90. The van der Waals surface area contributed by atoms with Crippen LogP contribution in [0.25, 0.3) is 11.3 Å². The van der Waals surface area contributed by atoms with Crippen molar-refractivity contribution >= 4 is 17.4 Å². The summed E-state index contributed by atoms with van der Waals surface area (Å²) in [5.41, 5.74) is 5.39. The third-order valence-corrected chi connectivity index (χ3v) is 5.32. The number of carbonyl (C=O) groups is 1. The Morgan fingerprint density at radius 1 is 1.10 bits per heavy atom. The maximum atomic E-state index is 12.5. The predicted molar refractivity (Wildman–Crippen MR) is 112 cm³/mol. The number of hydrogen-bond donors (Lipinski definition) is 1. The number of pyridine rings is 1. The molecule has 6 heteroatoms. The van der Waals surface area contributed by atoms with Crippen LogP contribution in [0, 0.1) is 0 Å². The Bertz CT molecular complexity index is 1100. The molecule has 1 amide bonds. The molecule has 1 aromatic heterocycles. The molecule has 6 nitrogen and oxygen atoms in total. The number of amides is 1. The highest BCUT2D eigenvalue weighted by Gasteiger charge is 2.17. The fourth-order valence-electron chi connectivity index (χ4n) is 3.81. The first-order valence-corrected chi connectivity index (χ1v) is 9.65. The van der Waals surface area contributed by atoms with E-state index in [4.69, 9.17) is 9.47 Å². The first-order valence-electron chi connectivity index (χ1n) is 9.65. The SMILES string of the molecule is CN1CCc2cc(-c3cccc(NC(=O)Cc4ccc5c(c4)OCO5)n3)ccc21. The van der Waals surface area contributed by atoms with Crippen LogP contribution in [-0.2, 0) is 17.6 Å². The van der Waals surface area contributed by atoms with E-state index in [1.807, 2.05) is 36.4 Å². The van der Waals surface area contributed by atoms with Gasteiger partial charge in [-0.05, 0) is 53.9 Å². The zero-order chi connectivity index (χ0) is 19.8. The van der Waals surface area contributed by atoms with E-state index in [1.165, 1.54) is 11.3 Å². The lowest BCUT2D eigenvalue weighted by Crippen LogP contribution is -2.15. The normalized spacial score (nSPS) is 14.0. The molecule has 0 atom stereocenters. The maximum absolute atomic E-state index is 12.5. The van der Waals surface area contributed by atoms with E-state index in [0.717, 1.165) is 29.8 Å². The van der Waals surface area contributed by atoms with Crippen molar-refractivity contribution in [3.05, 3.63) is 65.7 Å². The number of ether oxygens (including phenoxy) is 2. The fraction of sp³-hybridized carbons (Fsp3) is 0.217. The molecular weight excluding hydrogens is 366 g/mol. The van der Waals surface area contributed by atoms with Crippen LogP contribution in [0.1, 0.15) is 11.1 Å². The minimum atomic E-state index is -0.121. The van der Waals surface area contributed by atoms with E-state index < -0.39 is 0 Å². The quantitative estimate of drug-likeness (QED) is 0.740. The molecule has 29 heavy (non-hydrogen) atoms. The molecule has 0 saturated heterocycles. The fourth-order valence-corrected chi connectivity index (χ4v) is 3.81. The average molecular weight is 387 g/mol. The minimum Gasteiger partial charge on any atom is -0.454 e. The highest BCUT2D eigenvalue weighted by molar-refractivity contribution is 5.91. The third-order valence-electron chi connectivity index (χ3n) is 5.32. The van der Waals surface area contributed by atoms with Gasteiger partial charge >= 0.3 is 0 Å². The van der Waals surface area contributed by atoms with Crippen LogP contribution in [-0.4, -0.2) is 31.3 Å². The van der Waals surface area contributed by atoms with Crippen molar-refractivity contribution in [2.24, 2.45) is 0 Å². The van der Waals surface area contributed by atoms with Crippen molar-refractivity contribution in [3.63, 3.8) is 0 Å². The Kier molecular flexibility index (Phi) is 4.31. The van der Waals surface area contributed by atoms with Crippen molar-refractivity contribution in [1.29, 1.82) is 0 Å². The second kappa shape index (κ2) is 7.13. The van der Waals surface area contributed by atoms with Gasteiger partial charge in [-0.3, -0.25) is 4.79 Å². The van der Waals surface area contributed by atoms with E-state index >= 15 is 0 Å². The number of likely N-dealkylation sites (N-methyl/N-ethyl adjacent to an activating group) is 1. The first-order chi connectivity index (χ1) is 14.2. The second-order valence-electron chi connectivity index (χ2n) is 7.34. The molecule has 0 unspecified atom stereocenters. The number of rotatable bonds is 4. The first kappa shape index (κ1) is 17.6. The number of anilines is 2. The number of carbonyl (C=O) groups excluding carboxylic acids is 1. The van der Waals surface area contributed by atoms with E-state index in [9.17, 15) is 4.79 Å². The van der Waals surface area contributed by atoms with Gasteiger partial charge in [0.15, 0.2) is 11.5 Å². The van der Waals surface area contributed by atoms with Crippen LogP contribution in [0.4, 0.5) is 11.5 Å². The maximum Gasteiger partial charge on any atom is 0.231 e. The number of aromatic nitrogens is 1. The summed E-state index contributed by atoms with van der Waals surface area (Å²) < 4.78 is 10.7. The second-order valence-corrected chi connectivity index (χ2v) is 7.34. The molecule has 0 radical (unpaired) electrons. The van der Waals surface area contributed by atoms with Crippen LogP contribution < -0.4 is 19.7 Å². The van der Waals surface area contributed by atoms with E-state index in [2.05, 4.69) is 40.4 Å². The molecule has 5 rings (SSSR count). The lowest BCUT2D eigenvalue weighted by atomic mass is 10.1. The summed E-state index contributed by atoms with van der Waals surface area (Å²) in [6, 6.07) is 17.7. The highest BCUT2D eigenvalue weighted by Crippen LogP contribution is 2.33. The van der Waals surface area contributed by atoms with Crippen LogP contribution in [0.5, 0.6) is 11.5 Å². The van der Waals surface area contributed by atoms with Gasteiger partial charge in [-0.25, -0.2) is 4.98 Å². The lowest BCUT2D eigenvalue weighted by molar-refractivity contribution is -0.115. The molecule has 0 bridgehead atoms. The molecule has 0 aliphatic carbocycles. The minimum absolute atomic E-state index is 0.121. The number of nitrogens with one attached hydrogen (secondary N) is 1. The topological polar surface area (TPSA) is 63.7 Å². The van der Waals surface area contributed by atoms with Gasteiger partial charge in [0.25, 0.3) is 0 Å². The lowest BCUT2D eigenvalue weighted by Gasteiger charge is -2.12. The van der Waals surface area contributed by atoms with Gasteiger partial charge in [-0.15, -0.1) is 0 Å². The van der Waals surface area contributed by atoms with Gasteiger partial charge in [0.1, 0.15) is 5.82 Å². The van der Waals surface area contributed by atoms with Gasteiger partial charge in [0.2, 0.25) is 12.7 Å². The summed E-state index contributed by atoms with van der Waals surface area (Å²) in [5.74, 6) is 1.82. The van der Waals surface area contributed by atoms with Gasteiger partial charge in [0.05, 0.1) is 12.1 Å². The molecule has 0 fully saturated rings. The number of fused-ring (bicyclic) bond motifs is 2. The molecule has 1 N–H and O–H groups in total. The van der Waals surface area contributed by atoms with Crippen molar-refractivity contribution in [3.8, 4) is 22.8 Å². The molecule has 3 heterocycles. The molecule has 0 spiro atoms. The van der Waals surface area contributed by atoms with Crippen LogP contribution in [0.3, 0.4) is 0 Å². The third kappa shape index (κ3) is 3.49. The van der Waals surface area contributed by atoms with Gasteiger partial charge in [-0.2, -0.15) is 0 Å². The Balaban J connectivity index is 1.30. The zero-order valence-corrected chi connectivity index (χ0v) is 16.1. The molecule has 2 aliphatic heterocycles. The molecule has 146 valence electrons. The van der Waals surface area contributed by atoms with Crippen molar-refractivity contribution in [1.82, 2.24) is 4.98 Å². The number of nitrogens with zero attached hydrogens (tertiary/aromatic N) is 2. The summed E-state index contributed by atoms with van der Waals surface area (Å²) in [6.45, 7) is 1.27. The Hall–Kier alpha value is -3.54. The molecular formula is C23H21N3O3. The van der Waals surface area contributed by atoms with Crippen molar-refractivity contribution in [2.75, 3.05) is 30.6 Å². The van der Waals surface area contributed by atoms with E-state index in [-0.39, 0.29) is 19.1 Å². The Morgan fingerprint density at radius 2 is 2.00 bits per heavy atom. The summed E-state index contributed by atoms with van der Waals surface area (Å²) in [6.07, 6.45) is 1.29. The van der Waals surface area contributed by atoms with E-state index in [0.29, 0.717) is 17.3 Å². The zero-order valence-electron chi connectivity index (χ0n) is 16.1. The standard InChI is InChI=1S/C23H21N3O3/c1-26-10-9-17-13-16(6-7-19(17)26)18-3-2-4-22(24-18)25-23(27)12-15-5-8-20-21(11-15)29-14-28-20/h2-8,11,13H,9-10,12,14H2,1H3,(H,24,25,27). The Morgan fingerprint density at radius 3 is 2.93 bits per heavy atom. The molecule has 0 saturated carbocycles. The summed E-state index contributed by atoms with van der Waals surface area (Å²) in [4.78, 5) is 19.4. The van der Waals surface area contributed by atoms with Gasteiger partial charge in [0, 0.05) is 24.8 Å². The average Bonchev–Trinajstić information content (AvgIpc) is 3.34. The molecule has 3 aromatic rings. The number of hydrogen-bond acceptors (Lipinski definition) is 5. The number of benzene rings is 2. The van der Waals surface area contributed by atoms with Crippen molar-refractivity contribution in [2.45, 2.75) is 12.8 Å². The molecule has 2 aromatic carbocycles. The summed E-state index contributed by atoms with van der Waals surface area (Å²) in [7, 11) is 2.11. The van der Waals surface area contributed by atoms with E-state index in [1.54, 1.807) is 0 Å². The monoisotopic (exact) mass is 387 g/mol. The van der Waals surface area contributed by atoms with Crippen LogP contribution in [0.2, 0.25) is 0 Å². The predicted octanol–water partition coefficient (Wildman–Crippen LogP) is 3.65.